The lowest BCUT2D eigenvalue weighted by Gasteiger charge is -2.18. The lowest BCUT2D eigenvalue weighted by molar-refractivity contribution is -0.161. The van der Waals surface area contributed by atoms with E-state index in [9.17, 15) is 23.3 Å². The third kappa shape index (κ3) is 1.04. The fraction of sp³-hybridized carbons (Fsp3) is 0.250. The zero-order valence-corrected chi connectivity index (χ0v) is 5.08. The van der Waals surface area contributed by atoms with E-state index >= 15 is 0 Å². The van der Waals surface area contributed by atoms with Gasteiger partial charge < -0.3 is 0 Å². The van der Waals surface area contributed by atoms with Gasteiger partial charge in [-0.15, -0.1) is 0 Å². The van der Waals surface area contributed by atoms with Gasteiger partial charge in [0.25, 0.3) is 11.8 Å². The van der Waals surface area contributed by atoms with Gasteiger partial charge in [0.05, 0.1) is 0 Å². The Morgan fingerprint density at radius 3 is 1.73 bits per heavy atom. The first-order valence-electron chi connectivity index (χ1n) is 2.55. The fourth-order valence-electron chi connectivity index (χ4n) is 0.559. The minimum atomic E-state index is -1.90. The maximum atomic E-state index is 12.1. The number of hydrogen-bond donors (Lipinski definition) is 0. The van der Waals surface area contributed by atoms with Gasteiger partial charge in [0, 0.05) is 0 Å². The van der Waals surface area contributed by atoms with Crippen LogP contribution < -0.4 is 0 Å². The van der Waals surface area contributed by atoms with Crippen LogP contribution in [-0.4, -0.2) is 28.1 Å². The molecule has 0 unspecified atom stereocenters. The number of hydrogen-bond acceptors (Lipinski definition) is 3. The fourth-order valence-corrected chi connectivity index (χ4v) is 0.559. The second-order valence-electron chi connectivity index (χ2n) is 1.81. The lowest BCUT2D eigenvalue weighted by Crippen LogP contribution is -2.47. The number of barbiturate groups is 1. The summed E-state index contributed by atoms with van der Waals surface area (Å²) in [6.07, 6.45) is -0.960. The summed E-state index contributed by atoms with van der Waals surface area (Å²) in [6.45, 7) is 0. The van der Waals surface area contributed by atoms with Crippen molar-refractivity contribution in [1.82, 2.24) is 10.2 Å². The van der Waals surface area contributed by atoms with Crippen molar-refractivity contribution < 1.29 is 23.3 Å². The molecule has 0 radical (unpaired) electrons. The lowest BCUT2D eigenvalue weighted by atomic mass is 10.3. The van der Waals surface area contributed by atoms with Crippen molar-refractivity contribution in [2.75, 3.05) is 0 Å². The number of amides is 4. The van der Waals surface area contributed by atoms with Crippen LogP contribution in [0.3, 0.4) is 0 Å². The highest BCUT2D eigenvalue weighted by Gasteiger charge is 2.39. The summed E-state index contributed by atoms with van der Waals surface area (Å²) < 4.78 is 24.2. The first kappa shape index (κ1) is 7.58. The van der Waals surface area contributed by atoms with Crippen molar-refractivity contribution in [3.8, 4) is 0 Å². The minimum absolute atomic E-state index is 0.943. The first-order valence-corrected chi connectivity index (χ1v) is 2.55. The predicted molar refractivity (Wildman–Crippen MR) is 25.9 cm³/mol. The van der Waals surface area contributed by atoms with Crippen LogP contribution >= 0.6 is 0 Å². The molecule has 0 aliphatic carbocycles. The number of rotatable bonds is 0. The summed E-state index contributed by atoms with van der Waals surface area (Å²) in [5, 5.41) is -1.89. The number of urea groups is 1. The summed E-state index contributed by atoms with van der Waals surface area (Å²) in [5.74, 6) is -2.71. The molecule has 0 bridgehead atoms. The van der Waals surface area contributed by atoms with E-state index in [1.807, 2.05) is 0 Å². The van der Waals surface area contributed by atoms with Gasteiger partial charge in [-0.05, 0) is 0 Å². The van der Waals surface area contributed by atoms with E-state index in [1.165, 1.54) is 0 Å². The normalized spacial score (nSPS) is 19.6. The Labute approximate surface area is 59.0 Å². The van der Waals surface area contributed by atoms with E-state index in [-0.39, 0.29) is 0 Å². The Balaban J connectivity index is 2.87. The van der Waals surface area contributed by atoms with Crippen molar-refractivity contribution in [3.05, 3.63) is 0 Å². The van der Waals surface area contributed by atoms with Crippen LogP contribution in [0.15, 0.2) is 0 Å². The zero-order chi connectivity index (χ0) is 8.59. The highest BCUT2D eigenvalue weighted by Crippen LogP contribution is 2.11. The maximum Gasteiger partial charge on any atom is 0.391 e. The van der Waals surface area contributed by atoms with E-state index in [1.54, 1.807) is 0 Å². The van der Waals surface area contributed by atoms with Crippen molar-refractivity contribution in [2.45, 2.75) is 6.42 Å². The van der Waals surface area contributed by atoms with Crippen LogP contribution in [0.1, 0.15) is 6.42 Å². The first-order chi connectivity index (χ1) is 5.04. The van der Waals surface area contributed by atoms with E-state index in [4.69, 9.17) is 0 Å². The molecule has 0 aromatic carbocycles. The molecule has 0 saturated carbocycles. The molecule has 1 saturated heterocycles. The molecule has 1 aliphatic rings. The zero-order valence-electron chi connectivity index (χ0n) is 5.08. The van der Waals surface area contributed by atoms with Crippen LogP contribution in [0.25, 0.3) is 0 Å². The molecule has 1 aliphatic heterocycles. The standard InChI is InChI=1S/C4H2F2N2O3/c5-7-2(9)1-3(10)8(6)4(7)11/h1H2. The van der Waals surface area contributed by atoms with Gasteiger partial charge in [0.15, 0.2) is 0 Å². The van der Waals surface area contributed by atoms with Crippen molar-refractivity contribution >= 4 is 17.8 Å². The summed E-state index contributed by atoms with van der Waals surface area (Å²) in [4.78, 5) is 30.8. The molecule has 4 amide bonds. The highest BCUT2D eigenvalue weighted by molar-refractivity contribution is 6.12. The highest BCUT2D eigenvalue weighted by atomic mass is 19.2. The predicted octanol–water partition coefficient (Wildman–Crippen LogP) is -0.0637. The van der Waals surface area contributed by atoms with E-state index < -0.39 is 34.5 Å². The van der Waals surface area contributed by atoms with Crippen LogP contribution in [0.5, 0.6) is 0 Å². The van der Waals surface area contributed by atoms with Gasteiger partial charge >= 0.3 is 6.03 Å². The number of carbonyl (C=O) groups is 3. The molecule has 0 aromatic heterocycles. The van der Waals surface area contributed by atoms with Gasteiger partial charge in [0.1, 0.15) is 6.42 Å². The summed E-state index contributed by atoms with van der Waals surface area (Å²) in [5.41, 5.74) is 0. The molecule has 0 N–H and O–H groups in total. The van der Waals surface area contributed by atoms with Crippen LogP contribution in [0.2, 0.25) is 0 Å². The Kier molecular flexibility index (Phi) is 1.55. The third-order valence-electron chi connectivity index (χ3n) is 1.08. The smallest absolute Gasteiger partial charge is 0.271 e. The molecule has 1 fully saturated rings. The summed E-state index contributed by atoms with van der Waals surface area (Å²) >= 11 is 0. The van der Waals surface area contributed by atoms with Crippen LogP contribution in [-0.2, 0) is 9.59 Å². The Morgan fingerprint density at radius 1 is 1.00 bits per heavy atom. The van der Waals surface area contributed by atoms with Crippen molar-refractivity contribution in [1.29, 1.82) is 0 Å². The van der Waals surface area contributed by atoms with E-state index in [0.717, 1.165) is 0 Å². The molecular formula is C4H2F2N2O3. The van der Waals surface area contributed by atoms with Gasteiger partial charge in [0.2, 0.25) is 0 Å². The Bertz CT molecular complexity index is 219. The molecule has 0 aromatic rings. The largest absolute Gasteiger partial charge is 0.391 e. The van der Waals surface area contributed by atoms with Crippen LogP contribution in [0.4, 0.5) is 13.8 Å². The summed E-state index contributed by atoms with van der Waals surface area (Å²) in [7, 11) is 0. The average molecular weight is 164 g/mol. The van der Waals surface area contributed by atoms with Gasteiger partial charge in [-0.3, -0.25) is 9.59 Å². The number of halogens is 2. The molecule has 1 heterocycles. The third-order valence-corrected chi connectivity index (χ3v) is 1.08. The molecule has 11 heavy (non-hydrogen) atoms. The van der Waals surface area contributed by atoms with E-state index in [0.29, 0.717) is 0 Å². The number of imide groups is 2. The number of carbonyl (C=O) groups excluding carboxylic acids is 3. The second kappa shape index (κ2) is 2.26. The Hall–Kier alpha value is -1.53. The molecule has 1 rings (SSSR count). The van der Waals surface area contributed by atoms with Crippen molar-refractivity contribution in [3.63, 3.8) is 0 Å². The molecule has 60 valence electrons. The van der Waals surface area contributed by atoms with Gasteiger partial charge in [-0.2, -0.15) is 0 Å². The summed E-state index contributed by atoms with van der Waals surface area (Å²) in [6, 6.07) is -1.90. The number of nitrogens with zero attached hydrogens (tertiary/aromatic N) is 2. The topological polar surface area (TPSA) is 57.7 Å². The minimum Gasteiger partial charge on any atom is -0.271 e. The maximum absolute atomic E-state index is 12.1. The molecular weight excluding hydrogens is 162 g/mol. The monoisotopic (exact) mass is 164 g/mol. The van der Waals surface area contributed by atoms with Gasteiger partial charge in [-0.1, -0.05) is 19.2 Å². The average Bonchev–Trinajstić information content (AvgIpc) is 1.97. The molecule has 5 nitrogen and oxygen atoms in total. The van der Waals surface area contributed by atoms with Gasteiger partial charge in [-0.25, -0.2) is 4.79 Å². The molecule has 0 atom stereocenters. The SMILES string of the molecule is O=C1CC(=O)N(F)C(=O)N1F. The second-order valence-corrected chi connectivity index (χ2v) is 1.81. The Morgan fingerprint density at radius 2 is 1.36 bits per heavy atom. The van der Waals surface area contributed by atoms with Crippen molar-refractivity contribution in [2.24, 2.45) is 0 Å². The quantitative estimate of drug-likeness (QED) is 0.372. The molecule has 0 spiro atoms. The molecule has 7 heteroatoms. The van der Waals surface area contributed by atoms with Crippen LogP contribution in [0, 0.1) is 0 Å². The van der Waals surface area contributed by atoms with E-state index in [2.05, 4.69) is 0 Å².